The molecule has 0 bridgehead atoms. The van der Waals surface area contributed by atoms with Crippen LogP contribution in [-0.2, 0) is 13.6 Å². The van der Waals surface area contributed by atoms with Crippen LogP contribution in [0.5, 0.6) is 0 Å². The van der Waals surface area contributed by atoms with E-state index >= 15 is 0 Å². The molecule has 0 amide bonds. The van der Waals surface area contributed by atoms with Gasteiger partial charge in [0.25, 0.3) is 0 Å². The third kappa shape index (κ3) is 3.00. The van der Waals surface area contributed by atoms with Crippen molar-refractivity contribution in [1.29, 1.82) is 0 Å². The van der Waals surface area contributed by atoms with Crippen molar-refractivity contribution < 1.29 is 0 Å². The van der Waals surface area contributed by atoms with Gasteiger partial charge >= 0.3 is 0 Å². The number of aryl methyl sites for hydroxylation is 1. The molecule has 1 aliphatic rings. The van der Waals surface area contributed by atoms with Gasteiger partial charge in [-0.05, 0) is 36.8 Å². The van der Waals surface area contributed by atoms with Crippen LogP contribution >= 0.6 is 0 Å². The van der Waals surface area contributed by atoms with Crippen molar-refractivity contribution in [3.8, 4) is 0 Å². The van der Waals surface area contributed by atoms with Crippen molar-refractivity contribution in [3.63, 3.8) is 0 Å². The topological polar surface area (TPSA) is 32.6 Å². The maximum Gasteiger partial charge on any atom is 0.193 e. The van der Waals surface area contributed by atoms with Crippen LogP contribution in [0.25, 0.3) is 0 Å². The molecule has 0 spiro atoms. The molecule has 4 nitrogen and oxygen atoms in total. The smallest absolute Gasteiger partial charge is 0.193 e. The van der Waals surface area contributed by atoms with E-state index in [0.29, 0.717) is 5.41 Å². The van der Waals surface area contributed by atoms with Gasteiger partial charge < -0.3 is 14.8 Å². The van der Waals surface area contributed by atoms with Crippen molar-refractivity contribution >= 4 is 5.96 Å². The predicted octanol–water partition coefficient (Wildman–Crippen LogP) is 2.61. The van der Waals surface area contributed by atoms with Crippen LogP contribution in [0.15, 0.2) is 23.3 Å². The van der Waals surface area contributed by atoms with Gasteiger partial charge in [0.1, 0.15) is 0 Å². The van der Waals surface area contributed by atoms with E-state index in [2.05, 4.69) is 59.0 Å². The molecule has 1 fully saturated rings. The molecule has 20 heavy (non-hydrogen) atoms. The Bertz CT molecular complexity index is 457. The van der Waals surface area contributed by atoms with E-state index in [9.17, 15) is 0 Å². The highest BCUT2D eigenvalue weighted by molar-refractivity contribution is 5.80. The van der Waals surface area contributed by atoms with Gasteiger partial charge in [-0.2, -0.15) is 0 Å². The zero-order valence-corrected chi connectivity index (χ0v) is 13.3. The molecule has 1 aromatic rings. The van der Waals surface area contributed by atoms with Crippen molar-refractivity contribution in [1.82, 2.24) is 14.8 Å². The Kier molecular flexibility index (Phi) is 4.73. The summed E-state index contributed by atoms with van der Waals surface area (Å²) in [6, 6.07) is 4.22. The molecule has 2 heterocycles. The number of aromatic nitrogens is 1. The second kappa shape index (κ2) is 6.33. The number of hydrogen-bond acceptors (Lipinski definition) is 1. The molecule has 1 saturated heterocycles. The Morgan fingerprint density at radius 3 is 2.65 bits per heavy atom. The van der Waals surface area contributed by atoms with Crippen LogP contribution in [0.4, 0.5) is 0 Å². The Morgan fingerprint density at radius 1 is 1.40 bits per heavy atom. The van der Waals surface area contributed by atoms with Gasteiger partial charge in [-0.15, -0.1) is 0 Å². The van der Waals surface area contributed by atoms with Crippen LogP contribution < -0.4 is 5.32 Å². The molecule has 0 aromatic carbocycles. The number of rotatable bonds is 4. The molecular weight excluding hydrogens is 248 g/mol. The van der Waals surface area contributed by atoms with E-state index < -0.39 is 0 Å². The first-order valence-electron chi connectivity index (χ1n) is 7.70. The summed E-state index contributed by atoms with van der Waals surface area (Å²) in [5.74, 6) is 1.04. The molecule has 1 N–H and O–H groups in total. The highest BCUT2D eigenvalue weighted by atomic mass is 15.3. The molecule has 1 aliphatic heterocycles. The number of hydrogen-bond donors (Lipinski definition) is 1. The molecule has 1 aromatic heterocycles. The molecule has 0 unspecified atom stereocenters. The molecule has 0 radical (unpaired) electrons. The van der Waals surface area contributed by atoms with E-state index in [1.54, 1.807) is 0 Å². The first-order valence-corrected chi connectivity index (χ1v) is 7.70. The fourth-order valence-corrected chi connectivity index (χ4v) is 3.13. The number of aliphatic imine (C=N–C) groups is 1. The van der Waals surface area contributed by atoms with E-state index in [1.807, 2.05) is 7.05 Å². The molecule has 0 saturated carbocycles. The van der Waals surface area contributed by atoms with Gasteiger partial charge in [0.05, 0.1) is 6.54 Å². The summed E-state index contributed by atoms with van der Waals surface area (Å²) in [6.07, 6.45) is 5.88. The molecular formula is C16H28N4. The Balaban J connectivity index is 1.95. The maximum atomic E-state index is 4.46. The number of nitrogens with zero attached hydrogens (tertiary/aromatic N) is 3. The lowest BCUT2D eigenvalue weighted by molar-refractivity contribution is 0.276. The molecule has 112 valence electrons. The summed E-state index contributed by atoms with van der Waals surface area (Å²) < 4.78 is 2.15. The van der Waals surface area contributed by atoms with Crippen LogP contribution in [0, 0.1) is 5.41 Å². The Labute approximate surface area is 122 Å². The quantitative estimate of drug-likeness (QED) is 0.677. The zero-order chi connectivity index (χ0) is 14.6. The van der Waals surface area contributed by atoms with Crippen molar-refractivity contribution in [2.45, 2.75) is 39.7 Å². The highest BCUT2D eigenvalue weighted by Gasteiger charge is 2.36. The average Bonchev–Trinajstić information content (AvgIpc) is 3.07. The minimum absolute atomic E-state index is 0.489. The summed E-state index contributed by atoms with van der Waals surface area (Å²) in [5.41, 5.74) is 1.77. The number of guanidine groups is 1. The minimum atomic E-state index is 0.489. The fraction of sp³-hybridized carbons (Fsp3) is 0.688. The van der Waals surface area contributed by atoms with Gasteiger partial charge in [0, 0.05) is 39.1 Å². The van der Waals surface area contributed by atoms with E-state index in [0.717, 1.165) is 25.6 Å². The third-order valence-corrected chi connectivity index (χ3v) is 4.93. The van der Waals surface area contributed by atoms with Crippen molar-refractivity contribution in [2.75, 3.05) is 20.1 Å². The summed E-state index contributed by atoms with van der Waals surface area (Å²) in [7, 11) is 3.96. The van der Waals surface area contributed by atoms with Crippen LogP contribution in [-0.4, -0.2) is 35.6 Å². The van der Waals surface area contributed by atoms with Crippen LogP contribution in [0.2, 0.25) is 0 Å². The third-order valence-electron chi connectivity index (χ3n) is 4.93. The molecule has 0 atom stereocenters. The summed E-state index contributed by atoms with van der Waals surface area (Å²) in [5, 5.41) is 3.50. The standard InChI is InChI=1S/C16H28N4/c1-5-16(6-2)9-11-20(13-16)15(17-3)18-12-14-8-7-10-19(14)4/h7-8,10H,5-6,9,11-13H2,1-4H3,(H,17,18). The van der Waals surface area contributed by atoms with Crippen LogP contribution in [0.3, 0.4) is 0 Å². The van der Waals surface area contributed by atoms with Crippen LogP contribution in [0.1, 0.15) is 38.8 Å². The first kappa shape index (κ1) is 14.9. The Morgan fingerprint density at radius 2 is 2.15 bits per heavy atom. The second-order valence-corrected chi connectivity index (χ2v) is 5.89. The first-order chi connectivity index (χ1) is 9.64. The second-order valence-electron chi connectivity index (χ2n) is 5.89. The lowest BCUT2D eigenvalue weighted by Gasteiger charge is -2.28. The monoisotopic (exact) mass is 276 g/mol. The minimum Gasteiger partial charge on any atom is -0.353 e. The van der Waals surface area contributed by atoms with Gasteiger partial charge in [0.15, 0.2) is 5.96 Å². The predicted molar refractivity (Wildman–Crippen MR) is 84.8 cm³/mol. The van der Waals surface area contributed by atoms with E-state index in [-0.39, 0.29) is 0 Å². The number of nitrogens with one attached hydrogen (secondary N) is 1. The Hall–Kier alpha value is -1.45. The highest BCUT2D eigenvalue weighted by Crippen LogP contribution is 2.36. The van der Waals surface area contributed by atoms with E-state index in [4.69, 9.17) is 0 Å². The molecule has 0 aliphatic carbocycles. The fourth-order valence-electron chi connectivity index (χ4n) is 3.13. The summed E-state index contributed by atoms with van der Waals surface area (Å²) in [4.78, 5) is 6.87. The molecule has 2 rings (SSSR count). The van der Waals surface area contributed by atoms with Gasteiger partial charge in [0.2, 0.25) is 0 Å². The van der Waals surface area contributed by atoms with Gasteiger partial charge in [-0.25, -0.2) is 0 Å². The maximum absolute atomic E-state index is 4.46. The summed E-state index contributed by atoms with van der Waals surface area (Å²) in [6.45, 7) is 7.71. The normalized spacial score (nSPS) is 18.6. The largest absolute Gasteiger partial charge is 0.353 e. The lowest BCUT2D eigenvalue weighted by atomic mass is 9.82. The summed E-state index contributed by atoms with van der Waals surface area (Å²) >= 11 is 0. The SMILES string of the molecule is CCC1(CC)CCN(C(=NC)NCc2cccn2C)C1. The lowest BCUT2D eigenvalue weighted by Crippen LogP contribution is -2.41. The average molecular weight is 276 g/mol. The van der Waals surface area contributed by atoms with Crippen molar-refractivity contribution in [2.24, 2.45) is 17.5 Å². The molecule has 4 heteroatoms. The zero-order valence-electron chi connectivity index (χ0n) is 13.3. The van der Waals surface area contributed by atoms with E-state index in [1.165, 1.54) is 25.0 Å². The number of likely N-dealkylation sites (tertiary alicyclic amines) is 1. The van der Waals surface area contributed by atoms with Crippen molar-refractivity contribution in [3.05, 3.63) is 24.0 Å². The van der Waals surface area contributed by atoms with Gasteiger partial charge in [-0.3, -0.25) is 4.99 Å². The van der Waals surface area contributed by atoms with Gasteiger partial charge in [-0.1, -0.05) is 13.8 Å².